The van der Waals surface area contributed by atoms with Gasteiger partial charge < -0.3 is 5.32 Å². The van der Waals surface area contributed by atoms with Gasteiger partial charge in [-0.25, -0.2) is 0 Å². The fourth-order valence-corrected chi connectivity index (χ4v) is 2.61. The Morgan fingerprint density at radius 3 is 2.30 bits per heavy atom. The second-order valence-corrected chi connectivity index (χ2v) is 5.94. The van der Waals surface area contributed by atoms with Crippen molar-refractivity contribution in [3.63, 3.8) is 0 Å². The molecule has 0 spiro atoms. The monoisotopic (exact) mass is 267 g/mol. The van der Waals surface area contributed by atoms with E-state index in [9.17, 15) is 0 Å². The van der Waals surface area contributed by atoms with Gasteiger partial charge in [0.05, 0.1) is 0 Å². The molecule has 0 bridgehead atoms. The van der Waals surface area contributed by atoms with Crippen molar-refractivity contribution in [2.24, 2.45) is 5.92 Å². The van der Waals surface area contributed by atoms with Crippen LogP contribution in [0.3, 0.4) is 0 Å². The Hall–Kier alpha value is -1.60. The molecule has 0 saturated heterocycles. The van der Waals surface area contributed by atoms with Crippen LogP contribution in [0.25, 0.3) is 0 Å². The molecular weight excluding hydrogens is 242 g/mol. The van der Waals surface area contributed by atoms with Crippen molar-refractivity contribution >= 4 is 0 Å². The highest BCUT2D eigenvalue weighted by molar-refractivity contribution is 5.30. The molecule has 0 aliphatic heterocycles. The van der Waals surface area contributed by atoms with E-state index in [0.717, 1.165) is 6.54 Å². The lowest BCUT2D eigenvalue weighted by Crippen LogP contribution is -2.25. The summed E-state index contributed by atoms with van der Waals surface area (Å²) in [6.45, 7) is 9.80. The fraction of sp³-hybridized carbons (Fsp3) is 0.368. The molecule has 1 nitrogen and oxygen atoms in total. The van der Waals surface area contributed by atoms with E-state index in [2.05, 4.69) is 81.5 Å². The summed E-state index contributed by atoms with van der Waals surface area (Å²) in [7, 11) is 0. The molecule has 0 aliphatic carbocycles. The van der Waals surface area contributed by atoms with Gasteiger partial charge in [0.25, 0.3) is 0 Å². The Morgan fingerprint density at radius 2 is 1.65 bits per heavy atom. The first-order valence-corrected chi connectivity index (χ1v) is 7.42. The Labute approximate surface area is 123 Å². The van der Waals surface area contributed by atoms with Gasteiger partial charge in [-0.2, -0.15) is 0 Å². The number of benzene rings is 2. The molecule has 1 heteroatoms. The zero-order chi connectivity index (χ0) is 14.5. The molecule has 0 amide bonds. The van der Waals surface area contributed by atoms with E-state index in [1.54, 1.807) is 0 Å². The molecule has 106 valence electrons. The van der Waals surface area contributed by atoms with Crippen LogP contribution in [-0.2, 0) is 6.54 Å². The maximum atomic E-state index is 3.72. The van der Waals surface area contributed by atoms with E-state index in [0.29, 0.717) is 12.0 Å². The van der Waals surface area contributed by atoms with E-state index in [1.807, 2.05) is 0 Å². The summed E-state index contributed by atoms with van der Waals surface area (Å²) in [4.78, 5) is 0. The maximum Gasteiger partial charge on any atom is 0.0346 e. The largest absolute Gasteiger partial charge is 0.306 e. The molecule has 1 atom stereocenters. The molecule has 1 N–H and O–H groups in total. The molecule has 0 heterocycles. The Balaban J connectivity index is 2.12. The number of nitrogens with one attached hydrogen (secondary N) is 1. The number of aryl methyl sites for hydroxylation is 2. The molecule has 2 aromatic carbocycles. The van der Waals surface area contributed by atoms with Crippen molar-refractivity contribution in [2.75, 3.05) is 0 Å². The molecule has 2 rings (SSSR count). The fourth-order valence-electron chi connectivity index (χ4n) is 2.61. The molecule has 0 aliphatic rings. The minimum absolute atomic E-state index is 0.399. The highest BCUT2D eigenvalue weighted by atomic mass is 14.9. The average molecular weight is 267 g/mol. The van der Waals surface area contributed by atoms with Crippen LogP contribution >= 0.6 is 0 Å². The van der Waals surface area contributed by atoms with Crippen molar-refractivity contribution in [2.45, 2.75) is 40.3 Å². The van der Waals surface area contributed by atoms with Gasteiger partial charge in [0.2, 0.25) is 0 Å². The standard InChI is InChI=1S/C19H25N/c1-14(2)19(17-8-6-5-7-9-17)20-13-18-12-15(3)10-11-16(18)4/h5-12,14,19-20H,13H2,1-4H3. The van der Waals surface area contributed by atoms with Crippen LogP contribution in [0, 0.1) is 19.8 Å². The van der Waals surface area contributed by atoms with Gasteiger partial charge in [0.15, 0.2) is 0 Å². The third-order valence-corrected chi connectivity index (χ3v) is 3.84. The quantitative estimate of drug-likeness (QED) is 0.821. The maximum absolute atomic E-state index is 3.72. The van der Waals surface area contributed by atoms with E-state index in [1.165, 1.54) is 22.3 Å². The van der Waals surface area contributed by atoms with Crippen LogP contribution in [0.2, 0.25) is 0 Å². The summed E-state index contributed by atoms with van der Waals surface area (Å²) in [5.74, 6) is 0.572. The summed E-state index contributed by atoms with van der Waals surface area (Å²) < 4.78 is 0. The van der Waals surface area contributed by atoms with Crippen LogP contribution in [0.1, 0.15) is 42.1 Å². The van der Waals surface area contributed by atoms with Crippen LogP contribution in [0.4, 0.5) is 0 Å². The first kappa shape index (κ1) is 14.8. The zero-order valence-electron chi connectivity index (χ0n) is 13.0. The first-order chi connectivity index (χ1) is 9.58. The lowest BCUT2D eigenvalue weighted by atomic mass is 9.95. The molecule has 0 radical (unpaired) electrons. The summed E-state index contributed by atoms with van der Waals surface area (Å²) in [6.07, 6.45) is 0. The van der Waals surface area contributed by atoms with Crippen molar-refractivity contribution in [3.05, 3.63) is 70.8 Å². The van der Waals surface area contributed by atoms with Crippen LogP contribution in [0.15, 0.2) is 48.5 Å². The van der Waals surface area contributed by atoms with Crippen molar-refractivity contribution in [3.8, 4) is 0 Å². The van der Waals surface area contributed by atoms with Crippen molar-refractivity contribution in [1.29, 1.82) is 0 Å². The number of rotatable bonds is 5. The predicted octanol–water partition coefficient (Wildman–Crippen LogP) is 4.79. The molecule has 20 heavy (non-hydrogen) atoms. The molecular formula is C19H25N. The molecule has 0 saturated carbocycles. The second-order valence-electron chi connectivity index (χ2n) is 5.94. The Morgan fingerprint density at radius 1 is 0.950 bits per heavy atom. The van der Waals surface area contributed by atoms with Gasteiger partial charge >= 0.3 is 0 Å². The average Bonchev–Trinajstić information content (AvgIpc) is 2.43. The predicted molar refractivity (Wildman–Crippen MR) is 86.8 cm³/mol. The van der Waals surface area contributed by atoms with Crippen LogP contribution in [-0.4, -0.2) is 0 Å². The van der Waals surface area contributed by atoms with Crippen LogP contribution in [0.5, 0.6) is 0 Å². The van der Waals surface area contributed by atoms with Crippen molar-refractivity contribution in [1.82, 2.24) is 5.32 Å². The van der Waals surface area contributed by atoms with Gasteiger partial charge in [-0.1, -0.05) is 67.9 Å². The summed E-state index contributed by atoms with van der Waals surface area (Å²) >= 11 is 0. The third-order valence-electron chi connectivity index (χ3n) is 3.84. The lowest BCUT2D eigenvalue weighted by molar-refractivity contribution is 0.410. The van der Waals surface area contributed by atoms with E-state index in [-0.39, 0.29) is 0 Å². The summed E-state index contributed by atoms with van der Waals surface area (Å²) in [5.41, 5.74) is 5.45. The SMILES string of the molecule is Cc1ccc(C)c(CNC(c2ccccc2)C(C)C)c1. The van der Waals surface area contributed by atoms with Gasteiger partial charge in [-0.05, 0) is 36.5 Å². The lowest BCUT2D eigenvalue weighted by Gasteiger charge is -2.23. The summed E-state index contributed by atoms with van der Waals surface area (Å²) in [5, 5.41) is 3.72. The summed E-state index contributed by atoms with van der Waals surface area (Å²) in [6, 6.07) is 17.8. The first-order valence-electron chi connectivity index (χ1n) is 7.42. The number of hydrogen-bond donors (Lipinski definition) is 1. The van der Waals surface area contributed by atoms with E-state index >= 15 is 0 Å². The van der Waals surface area contributed by atoms with Gasteiger partial charge in [0, 0.05) is 12.6 Å². The Bertz CT molecular complexity index is 543. The molecule has 2 aromatic rings. The Kier molecular flexibility index (Phi) is 4.97. The van der Waals surface area contributed by atoms with Gasteiger partial charge in [0.1, 0.15) is 0 Å². The van der Waals surface area contributed by atoms with E-state index < -0.39 is 0 Å². The van der Waals surface area contributed by atoms with Crippen molar-refractivity contribution < 1.29 is 0 Å². The van der Waals surface area contributed by atoms with Crippen LogP contribution < -0.4 is 5.32 Å². The number of hydrogen-bond acceptors (Lipinski definition) is 1. The zero-order valence-corrected chi connectivity index (χ0v) is 13.0. The minimum atomic E-state index is 0.399. The topological polar surface area (TPSA) is 12.0 Å². The smallest absolute Gasteiger partial charge is 0.0346 e. The van der Waals surface area contributed by atoms with E-state index in [4.69, 9.17) is 0 Å². The van der Waals surface area contributed by atoms with Gasteiger partial charge in [-0.3, -0.25) is 0 Å². The van der Waals surface area contributed by atoms with Gasteiger partial charge in [-0.15, -0.1) is 0 Å². The highest BCUT2D eigenvalue weighted by Gasteiger charge is 2.15. The third kappa shape index (κ3) is 3.71. The molecule has 0 fully saturated rings. The molecule has 1 unspecified atom stereocenters. The second kappa shape index (κ2) is 6.71. The highest BCUT2D eigenvalue weighted by Crippen LogP contribution is 2.22. The molecule has 0 aromatic heterocycles. The normalized spacial score (nSPS) is 12.7. The minimum Gasteiger partial charge on any atom is -0.306 e.